The third kappa shape index (κ3) is 5.88. The number of aromatic nitrogens is 3. The molecule has 5 nitrogen and oxygen atoms in total. The Balaban J connectivity index is 1.60. The summed E-state index contributed by atoms with van der Waals surface area (Å²) in [6, 6.07) is 21.2. The minimum absolute atomic E-state index is 0.317. The van der Waals surface area contributed by atoms with Crippen LogP contribution in [0.2, 0.25) is 5.02 Å². The molecular weight excluding hydrogens is 460 g/mol. The van der Waals surface area contributed by atoms with E-state index in [1.807, 2.05) is 73.7 Å². The Morgan fingerprint density at radius 3 is 2.53 bits per heavy atom. The molecule has 0 aliphatic rings. The molecule has 0 radical (unpaired) electrons. The summed E-state index contributed by atoms with van der Waals surface area (Å²) in [5, 5.41) is 4.11. The Morgan fingerprint density at radius 2 is 1.78 bits per heavy atom. The van der Waals surface area contributed by atoms with E-state index >= 15 is 0 Å². The second-order valence-electron chi connectivity index (χ2n) is 6.82. The molecule has 32 heavy (non-hydrogen) atoms. The predicted molar refractivity (Wildman–Crippen MR) is 131 cm³/mol. The van der Waals surface area contributed by atoms with Gasteiger partial charge >= 0.3 is 0 Å². The van der Waals surface area contributed by atoms with Crippen LogP contribution in [-0.4, -0.2) is 20.9 Å². The highest BCUT2D eigenvalue weighted by molar-refractivity contribution is 7.99. The van der Waals surface area contributed by atoms with E-state index < -0.39 is 0 Å². The number of carbonyl (C=O) groups is 1. The van der Waals surface area contributed by atoms with Gasteiger partial charge < -0.3 is 5.32 Å². The molecule has 2 aromatic heterocycles. The van der Waals surface area contributed by atoms with Crippen molar-refractivity contribution in [3.8, 4) is 0 Å². The van der Waals surface area contributed by atoms with Gasteiger partial charge in [-0.25, -0.2) is 15.0 Å². The number of hydrogen-bond donors (Lipinski definition) is 1. The first kappa shape index (κ1) is 22.3. The molecule has 4 rings (SSSR count). The number of nitrogens with one attached hydrogen (secondary N) is 1. The van der Waals surface area contributed by atoms with Crippen molar-refractivity contribution >= 4 is 46.8 Å². The third-order valence-corrected chi connectivity index (χ3v) is 6.65. The number of anilines is 1. The zero-order chi connectivity index (χ0) is 22.3. The topological polar surface area (TPSA) is 67.8 Å². The molecule has 0 saturated carbocycles. The van der Waals surface area contributed by atoms with Crippen molar-refractivity contribution in [3.05, 3.63) is 101 Å². The molecule has 0 atom stereocenters. The molecule has 0 aliphatic carbocycles. The number of carbonyl (C=O) groups excluding carboxylic acids is 1. The van der Waals surface area contributed by atoms with Crippen LogP contribution < -0.4 is 5.32 Å². The minimum atomic E-state index is -0.319. The number of rotatable bonds is 7. The highest BCUT2D eigenvalue weighted by atomic mass is 35.5. The number of hydrogen-bond acceptors (Lipinski definition) is 6. The maximum Gasteiger partial charge on any atom is 0.276 e. The van der Waals surface area contributed by atoms with Gasteiger partial charge in [0, 0.05) is 28.1 Å². The second-order valence-corrected chi connectivity index (χ2v) is 9.31. The molecule has 8 heteroatoms. The summed E-state index contributed by atoms with van der Waals surface area (Å²) in [5.41, 5.74) is 2.29. The molecule has 1 N–H and O–H groups in total. The van der Waals surface area contributed by atoms with Crippen molar-refractivity contribution in [1.82, 2.24) is 15.0 Å². The molecule has 2 heterocycles. The van der Waals surface area contributed by atoms with Crippen LogP contribution in [0.5, 0.6) is 0 Å². The monoisotopic (exact) mass is 478 g/mol. The van der Waals surface area contributed by atoms with Gasteiger partial charge in [0.05, 0.1) is 4.90 Å². The number of halogens is 1. The SMILES string of the molecule is Cc1cccnc1NC(=O)c1nc(SCc2ccc(Cl)cc2)ncc1Sc1ccccc1. The van der Waals surface area contributed by atoms with Crippen LogP contribution >= 0.6 is 35.1 Å². The third-order valence-electron chi connectivity index (χ3n) is 4.44. The maximum atomic E-state index is 13.2. The summed E-state index contributed by atoms with van der Waals surface area (Å²) < 4.78 is 0. The van der Waals surface area contributed by atoms with Gasteiger partial charge in [-0.3, -0.25) is 4.79 Å². The lowest BCUT2D eigenvalue weighted by molar-refractivity contribution is 0.101. The van der Waals surface area contributed by atoms with Gasteiger partial charge in [0.15, 0.2) is 5.16 Å². The fraction of sp³-hybridized carbons (Fsp3) is 0.0833. The zero-order valence-corrected chi connectivity index (χ0v) is 19.5. The number of amides is 1. The quantitative estimate of drug-likeness (QED) is 0.240. The Hall–Kier alpha value is -2.87. The molecule has 1 amide bonds. The summed E-state index contributed by atoms with van der Waals surface area (Å²) in [5.74, 6) is 0.867. The van der Waals surface area contributed by atoms with Gasteiger partial charge in [0.1, 0.15) is 11.5 Å². The van der Waals surface area contributed by atoms with E-state index in [1.165, 1.54) is 23.5 Å². The lowest BCUT2D eigenvalue weighted by Crippen LogP contribution is -2.17. The average Bonchev–Trinajstić information content (AvgIpc) is 2.81. The number of thioether (sulfide) groups is 1. The van der Waals surface area contributed by atoms with Crippen molar-refractivity contribution < 1.29 is 4.79 Å². The van der Waals surface area contributed by atoms with E-state index in [1.54, 1.807) is 12.4 Å². The minimum Gasteiger partial charge on any atom is -0.305 e. The largest absolute Gasteiger partial charge is 0.305 e. The lowest BCUT2D eigenvalue weighted by Gasteiger charge is -2.11. The van der Waals surface area contributed by atoms with E-state index in [-0.39, 0.29) is 5.91 Å². The van der Waals surface area contributed by atoms with Gasteiger partial charge in [-0.15, -0.1) is 0 Å². The van der Waals surface area contributed by atoms with Crippen molar-refractivity contribution in [3.63, 3.8) is 0 Å². The van der Waals surface area contributed by atoms with E-state index in [4.69, 9.17) is 11.6 Å². The van der Waals surface area contributed by atoms with Crippen LogP contribution in [-0.2, 0) is 5.75 Å². The molecule has 0 unspecified atom stereocenters. The molecule has 4 aromatic rings. The van der Waals surface area contributed by atoms with Crippen LogP contribution in [0.3, 0.4) is 0 Å². The predicted octanol–water partition coefficient (Wildman–Crippen LogP) is 6.53. The zero-order valence-electron chi connectivity index (χ0n) is 17.2. The molecule has 160 valence electrons. The Kier molecular flexibility index (Phi) is 7.42. The molecule has 0 aliphatic heterocycles. The van der Waals surface area contributed by atoms with Gasteiger partial charge in [0.25, 0.3) is 5.91 Å². The number of pyridine rings is 1. The summed E-state index contributed by atoms with van der Waals surface area (Å²) in [6.07, 6.45) is 3.35. The Bertz CT molecular complexity index is 1220. The fourth-order valence-corrected chi connectivity index (χ4v) is 4.57. The number of aryl methyl sites for hydroxylation is 1. The molecule has 0 bridgehead atoms. The first-order valence-corrected chi connectivity index (χ1v) is 12.0. The van der Waals surface area contributed by atoms with Crippen molar-refractivity contribution in [2.75, 3.05) is 5.32 Å². The van der Waals surface area contributed by atoms with E-state index in [0.29, 0.717) is 32.3 Å². The normalized spacial score (nSPS) is 10.7. The molecule has 2 aromatic carbocycles. The van der Waals surface area contributed by atoms with Crippen LogP contribution in [0.15, 0.2) is 94.1 Å². The summed E-state index contributed by atoms with van der Waals surface area (Å²) in [7, 11) is 0. The van der Waals surface area contributed by atoms with Gasteiger partial charge in [-0.2, -0.15) is 0 Å². The molecule has 0 spiro atoms. The van der Waals surface area contributed by atoms with Crippen LogP contribution in [0.1, 0.15) is 21.6 Å². The maximum absolute atomic E-state index is 13.2. The van der Waals surface area contributed by atoms with Crippen LogP contribution in [0.25, 0.3) is 0 Å². The van der Waals surface area contributed by atoms with Crippen LogP contribution in [0.4, 0.5) is 5.82 Å². The van der Waals surface area contributed by atoms with E-state index in [9.17, 15) is 4.79 Å². The number of benzene rings is 2. The molecule has 0 saturated heterocycles. The first-order chi connectivity index (χ1) is 15.6. The smallest absolute Gasteiger partial charge is 0.276 e. The van der Waals surface area contributed by atoms with Crippen LogP contribution in [0, 0.1) is 6.92 Å². The van der Waals surface area contributed by atoms with Crippen molar-refractivity contribution in [1.29, 1.82) is 0 Å². The first-order valence-electron chi connectivity index (χ1n) is 9.78. The standard InChI is InChI=1S/C24H19ClN4OS2/c1-16-6-5-13-26-22(16)29-23(30)21-20(32-19-7-3-2-4-8-19)14-27-24(28-21)31-15-17-9-11-18(25)12-10-17/h2-14H,15H2,1H3,(H,26,29,30). The van der Waals surface area contributed by atoms with Crippen molar-refractivity contribution in [2.24, 2.45) is 0 Å². The number of nitrogens with zero attached hydrogens (tertiary/aromatic N) is 3. The average molecular weight is 479 g/mol. The second kappa shape index (κ2) is 10.6. The van der Waals surface area contributed by atoms with E-state index in [0.717, 1.165) is 16.0 Å². The summed E-state index contributed by atoms with van der Waals surface area (Å²) in [4.78, 5) is 28.2. The Labute approximate surface area is 200 Å². The van der Waals surface area contributed by atoms with E-state index in [2.05, 4.69) is 20.3 Å². The highest BCUT2D eigenvalue weighted by Gasteiger charge is 2.18. The Morgan fingerprint density at radius 1 is 1.00 bits per heavy atom. The fourth-order valence-electron chi connectivity index (χ4n) is 2.79. The molecular formula is C24H19ClN4OS2. The molecule has 0 fully saturated rings. The lowest BCUT2D eigenvalue weighted by atomic mass is 10.2. The van der Waals surface area contributed by atoms with Gasteiger partial charge in [-0.1, -0.05) is 71.5 Å². The van der Waals surface area contributed by atoms with Gasteiger partial charge in [-0.05, 0) is 48.4 Å². The summed E-state index contributed by atoms with van der Waals surface area (Å²) in [6.45, 7) is 1.90. The van der Waals surface area contributed by atoms with Crippen molar-refractivity contribution in [2.45, 2.75) is 27.6 Å². The highest BCUT2D eigenvalue weighted by Crippen LogP contribution is 2.31. The van der Waals surface area contributed by atoms with Gasteiger partial charge in [0.2, 0.25) is 0 Å². The summed E-state index contributed by atoms with van der Waals surface area (Å²) >= 11 is 8.88.